The minimum Gasteiger partial charge on any atom is -0.391 e. The summed E-state index contributed by atoms with van der Waals surface area (Å²) in [6.07, 6.45) is 0.678. The van der Waals surface area contributed by atoms with Crippen molar-refractivity contribution in [1.29, 1.82) is 0 Å². The van der Waals surface area contributed by atoms with Gasteiger partial charge in [-0.05, 0) is 85.0 Å². The van der Waals surface area contributed by atoms with E-state index in [1.807, 2.05) is 80.9 Å². The summed E-state index contributed by atoms with van der Waals surface area (Å²) in [5, 5.41) is 16.4. The van der Waals surface area contributed by atoms with Gasteiger partial charge in [0.2, 0.25) is 23.5 Å². The molecule has 0 aliphatic carbocycles. The molecular formula is C55H65F3N10O8S2. The van der Waals surface area contributed by atoms with Crippen molar-refractivity contribution in [2.24, 2.45) is 10.4 Å². The fraction of sp³-hybridized carbons (Fsp3) is 0.418. The van der Waals surface area contributed by atoms with Crippen LogP contribution in [0.25, 0.3) is 22.1 Å². The smallest absolute Gasteiger partial charge is 0.301 e. The van der Waals surface area contributed by atoms with Gasteiger partial charge in [-0.1, -0.05) is 57.2 Å². The first kappa shape index (κ1) is 57.4. The number of thiazole rings is 1. The van der Waals surface area contributed by atoms with Gasteiger partial charge < -0.3 is 35.3 Å². The van der Waals surface area contributed by atoms with E-state index in [4.69, 9.17) is 4.74 Å². The maximum atomic E-state index is 15.9. The zero-order valence-electron chi connectivity index (χ0n) is 44.2. The summed E-state index contributed by atoms with van der Waals surface area (Å²) in [5.74, 6) is -4.86. The molecule has 3 aliphatic heterocycles. The Morgan fingerprint density at radius 2 is 1.73 bits per heavy atom. The summed E-state index contributed by atoms with van der Waals surface area (Å²) in [5.41, 5.74) is 4.81. The number of aliphatic imine (C=N–C) groups is 1. The molecule has 0 unspecified atom stereocenters. The molecule has 3 aliphatic rings. The minimum absolute atomic E-state index is 0.0195. The number of carbonyl (C=O) groups is 4. The van der Waals surface area contributed by atoms with E-state index in [0.717, 1.165) is 62.5 Å². The Balaban J connectivity index is 0.799. The first-order valence-electron chi connectivity index (χ1n) is 25.6. The third-order valence-electron chi connectivity index (χ3n) is 14.2. The predicted octanol–water partition coefficient (Wildman–Crippen LogP) is 6.50. The van der Waals surface area contributed by atoms with Crippen molar-refractivity contribution < 1.29 is 50.6 Å². The maximum absolute atomic E-state index is 15.9. The van der Waals surface area contributed by atoms with Gasteiger partial charge in [0, 0.05) is 88.3 Å². The summed E-state index contributed by atoms with van der Waals surface area (Å²) in [6.45, 7) is 15.9. The molecule has 5 N–H and O–H groups in total. The number of ketones is 1. The van der Waals surface area contributed by atoms with Gasteiger partial charge in [-0.15, -0.1) is 11.3 Å². The molecule has 2 aromatic heterocycles. The van der Waals surface area contributed by atoms with E-state index >= 15 is 8.78 Å². The predicted molar refractivity (Wildman–Crippen MR) is 295 cm³/mol. The molecule has 4 atom stereocenters. The molecule has 3 fully saturated rings. The van der Waals surface area contributed by atoms with Crippen molar-refractivity contribution in [3.8, 4) is 10.4 Å². The van der Waals surface area contributed by atoms with Crippen LogP contribution in [0.5, 0.6) is 0 Å². The monoisotopic (exact) mass is 1110 g/mol. The SMILES string of the molecule is C=Nc1[nH]cc(C(=O)c2c(F)ccc(NS(=O)(=O)N3CC[C@@H](F)C3)c2F)c1/C=C(\C)c1ccc(N2CCN(CCOCC(=O)N[C@H](C(=O)N3C[C@H](O)C[C@H]3C(=O)NCc3ccc(-c4scnc4C)cc3)C(C)(C)C)CC2)cc1. The van der Waals surface area contributed by atoms with Crippen LogP contribution in [-0.2, 0) is 35.9 Å². The maximum Gasteiger partial charge on any atom is 0.301 e. The number of hydrogen-bond acceptors (Lipinski definition) is 13. The number of nitrogens with zero attached hydrogens (tertiary/aromatic N) is 6. The van der Waals surface area contributed by atoms with Crippen LogP contribution in [0.15, 0.2) is 77.4 Å². The quantitative estimate of drug-likeness (QED) is 0.0322. The molecule has 0 bridgehead atoms. The topological polar surface area (TPSA) is 222 Å². The molecule has 78 heavy (non-hydrogen) atoms. The van der Waals surface area contributed by atoms with Crippen molar-refractivity contribution in [3.63, 3.8) is 0 Å². The lowest BCUT2D eigenvalue weighted by Gasteiger charge is -2.36. The summed E-state index contributed by atoms with van der Waals surface area (Å²) in [4.78, 5) is 72.7. The summed E-state index contributed by atoms with van der Waals surface area (Å²) >= 11 is 1.56. The molecule has 5 heterocycles. The Morgan fingerprint density at radius 1 is 1.01 bits per heavy atom. The Hall–Kier alpha value is -6.76. The average molecular weight is 1120 g/mol. The van der Waals surface area contributed by atoms with Crippen LogP contribution in [0, 0.1) is 24.0 Å². The Morgan fingerprint density at radius 3 is 2.37 bits per heavy atom. The number of piperazine rings is 1. The van der Waals surface area contributed by atoms with Crippen LogP contribution in [-0.4, -0.2) is 158 Å². The third-order valence-corrected chi connectivity index (χ3v) is 16.7. The second kappa shape index (κ2) is 24.5. The van der Waals surface area contributed by atoms with Crippen molar-refractivity contribution in [2.75, 3.05) is 75.2 Å². The Bertz CT molecular complexity index is 3160. The number of likely N-dealkylation sites (tertiary alicyclic amines) is 1. The Labute approximate surface area is 456 Å². The summed E-state index contributed by atoms with van der Waals surface area (Å²) in [6, 6.07) is 15.3. The number of anilines is 2. The van der Waals surface area contributed by atoms with Gasteiger partial charge in [-0.25, -0.2) is 23.1 Å². The molecule has 0 radical (unpaired) electrons. The summed E-state index contributed by atoms with van der Waals surface area (Å²) in [7, 11) is -4.40. The first-order valence-corrected chi connectivity index (χ1v) is 27.9. The standard InChI is InChI=1S/C55H65F3N10O8S2/c1-33(25-41-42(28-60-52(41)59-6)49(71)47-43(57)15-16-44(48(47)58)64-78(74,75)67-18-17-38(56)29-67)36-11-13-39(14-12-36)66-21-19-65(20-22-66)23-24-76-31-46(70)63-51(55(3,4)5)54(73)68-30-40(69)26-45(68)53(72)61-27-35-7-9-37(10-8-35)50-34(2)62-32-77-50/h7-16,25,28,32,38,40,45,51,60,64,69H,6,17-24,26-27,29-31H2,1-5H3,(H,61,72)(H,63,70)/b33-25+/t38-,40-,45+,51-/m1/s1. The highest BCUT2D eigenvalue weighted by molar-refractivity contribution is 7.90. The highest BCUT2D eigenvalue weighted by Crippen LogP contribution is 2.34. The van der Waals surface area contributed by atoms with E-state index in [1.54, 1.807) is 29.8 Å². The normalized spacial score (nSPS) is 19.0. The molecule has 3 saturated heterocycles. The van der Waals surface area contributed by atoms with Gasteiger partial charge in [-0.2, -0.15) is 12.7 Å². The van der Waals surface area contributed by atoms with E-state index in [1.165, 1.54) is 11.1 Å². The molecule has 0 spiro atoms. The second-order valence-corrected chi connectivity index (χ2v) is 23.3. The highest BCUT2D eigenvalue weighted by Gasteiger charge is 2.44. The van der Waals surface area contributed by atoms with E-state index in [2.05, 4.69) is 42.1 Å². The molecule has 18 nitrogen and oxygen atoms in total. The number of allylic oxidation sites excluding steroid dienone is 1. The molecule has 3 aromatic carbocycles. The number of H-pyrrole nitrogens is 1. The number of aliphatic hydroxyl groups excluding tert-OH is 1. The Kier molecular flexibility index (Phi) is 18.0. The van der Waals surface area contributed by atoms with Crippen molar-refractivity contribution in [3.05, 3.63) is 118 Å². The number of alkyl halides is 1. The van der Waals surface area contributed by atoms with E-state index in [9.17, 15) is 37.1 Å². The largest absolute Gasteiger partial charge is 0.391 e. The van der Waals surface area contributed by atoms with Crippen LogP contribution in [0.2, 0.25) is 0 Å². The molecule has 0 saturated carbocycles. The number of aromatic nitrogens is 2. The first-order chi connectivity index (χ1) is 37.1. The average Bonchev–Trinajstić information content (AvgIpc) is 4.25. The molecule has 416 valence electrons. The number of hydrogen-bond donors (Lipinski definition) is 5. The number of aromatic amines is 1. The molecular weight excluding hydrogens is 1050 g/mol. The molecule has 23 heteroatoms. The fourth-order valence-corrected chi connectivity index (χ4v) is 11.9. The number of aliphatic hydroxyl groups is 1. The van der Waals surface area contributed by atoms with Gasteiger partial charge in [0.1, 0.15) is 36.5 Å². The van der Waals surface area contributed by atoms with Crippen molar-refractivity contribution in [1.82, 2.24) is 34.7 Å². The van der Waals surface area contributed by atoms with Crippen LogP contribution >= 0.6 is 11.3 Å². The summed E-state index contributed by atoms with van der Waals surface area (Å²) < 4.78 is 79.2. The number of carbonyl (C=O) groups excluding carboxylic acids is 4. The van der Waals surface area contributed by atoms with Crippen LogP contribution in [0.3, 0.4) is 0 Å². The number of rotatable bonds is 20. The molecule has 5 aromatic rings. The lowest BCUT2D eigenvalue weighted by molar-refractivity contribution is -0.144. The van der Waals surface area contributed by atoms with Crippen molar-refractivity contribution >= 4 is 80.6 Å². The van der Waals surface area contributed by atoms with E-state index in [-0.39, 0.29) is 68.5 Å². The lowest BCUT2D eigenvalue weighted by atomic mass is 9.85. The van der Waals surface area contributed by atoms with Gasteiger partial charge in [0.25, 0.3) is 0 Å². The van der Waals surface area contributed by atoms with E-state index in [0.29, 0.717) is 25.2 Å². The number of amides is 3. The molecule has 3 amide bonds. The van der Waals surface area contributed by atoms with Crippen LogP contribution in [0.1, 0.15) is 78.8 Å². The number of nitrogens with one attached hydrogen (secondary N) is 4. The van der Waals surface area contributed by atoms with Gasteiger partial charge >= 0.3 is 10.2 Å². The zero-order chi connectivity index (χ0) is 56.1. The number of aryl methyl sites for hydroxylation is 1. The third kappa shape index (κ3) is 13.4. The van der Waals surface area contributed by atoms with Crippen molar-refractivity contribution in [2.45, 2.75) is 78.4 Å². The van der Waals surface area contributed by atoms with Crippen LogP contribution < -0.4 is 20.3 Å². The molecule has 8 rings (SSSR count). The highest BCUT2D eigenvalue weighted by atomic mass is 32.2. The fourth-order valence-electron chi connectivity index (χ4n) is 9.78. The number of ether oxygens (including phenoxy) is 1. The number of β-amino-alcohol motifs (C(OH)–C–C–N with tert-alkyl or cyclic N) is 1. The number of benzene rings is 3. The van der Waals surface area contributed by atoms with Gasteiger partial charge in [-0.3, -0.25) is 28.8 Å². The lowest BCUT2D eigenvalue weighted by Crippen LogP contribution is -2.58. The second-order valence-electron chi connectivity index (χ2n) is 20.8. The number of halogens is 3. The van der Waals surface area contributed by atoms with E-state index < -0.39 is 87.0 Å². The van der Waals surface area contributed by atoms with Gasteiger partial charge in [0.05, 0.1) is 40.0 Å². The van der Waals surface area contributed by atoms with Crippen LogP contribution in [0.4, 0.5) is 30.4 Å². The zero-order valence-corrected chi connectivity index (χ0v) is 45.8. The van der Waals surface area contributed by atoms with Gasteiger partial charge in [0.15, 0.2) is 5.82 Å². The minimum atomic E-state index is -4.40.